The predicted molar refractivity (Wildman–Crippen MR) is 292 cm³/mol. The van der Waals surface area contributed by atoms with Gasteiger partial charge in [0.2, 0.25) is 0 Å². The van der Waals surface area contributed by atoms with Crippen molar-refractivity contribution in [2.24, 2.45) is 4.99 Å². The van der Waals surface area contributed by atoms with Crippen molar-refractivity contribution in [1.82, 2.24) is 5.48 Å². The van der Waals surface area contributed by atoms with Crippen molar-refractivity contribution in [3.8, 4) is 0 Å². The first-order chi connectivity index (χ1) is 35.2. The first kappa shape index (κ1) is 49.6. The Bertz CT molecular complexity index is 3250. The highest BCUT2D eigenvalue weighted by molar-refractivity contribution is 6.12. The fourth-order valence-electron chi connectivity index (χ4n) is 8.85. The number of hydrogen-bond donors (Lipinski definition) is 4. The van der Waals surface area contributed by atoms with Crippen LogP contribution < -0.4 is 16.1 Å². The van der Waals surface area contributed by atoms with E-state index in [1.165, 1.54) is 50.1 Å². The zero-order chi connectivity index (χ0) is 50.2. The number of nitrogens with one attached hydrogen (secondary N) is 3. The van der Waals surface area contributed by atoms with E-state index in [1.807, 2.05) is 97.2 Å². The van der Waals surface area contributed by atoms with E-state index in [4.69, 9.17) is 5.21 Å². The predicted octanol–water partition coefficient (Wildman–Crippen LogP) is 12.9. The van der Waals surface area contributed by atoms with Gasteiger partial charge < -0.3 is 10.6 Å². The van der Waals surface area contributed by atoms with Crippen LogP contribution >= 0.6 is 0 Å². The molecule has 4 N–H and O–H groups in total. The number of ketones is 2. The van der Waals surface area contributed by atoms with E-state index in [0.29, 0.717) is 5.56 Å². The number of benzene rings is 7. The first-order valence-corrected chi connectivity index (χ1v) is 24.0. The number of carbonyl (C=O) groups excluding carboxylic acids is 4. The smallest absolute Gasteiger partial charge is 0.274 e. The molecule has 72 heavy (non-hydrogen) atoms. The number of aldehydes is 1. The van der Waals surface area contributed by atoms with Gasteiger partial charge in [-0.05, 0) is 174 Å². The lowest BCUT2D eigenvalue weighted by Gasteiger charge is -2.09. The highest BCUT2D eigenvalue weighted by Gasteiger charge is 2.15. The van der Waals surface area contributed by atoms with E-state index >= 15 is 0 Å². The number of rotatable bonds is 12. The maximum Gasteiger partial charge on any atom is 0.274 e. The average Bonchev–Trinajstić information content (AvgIpc) is 4.25. The lowest BCUT2D eigenvalue weighted by atomic mass is 10.1. The minimum Gasteiger partial charge on any atom is -0.381 e. The molecular weight excluding hydrogens is 893 g/mol. The molecule has 11 rings (SSSR count). The van der Waals surface area contributed by atoms with E-state index in [-0.39, 0.29) is 11.6 Å². The van der Waals surface area contributed by atoms with E-state index in [2.05, 4.69) is 107 Å². The molecule has 9 nitrogen and oxygen atoms in total. The van der Waals surface area contributed by atoms with Crippen LogP contribution in [0.5, 0.6) is 0 Å². The summed E-state index contributed by atoms with van der Waals surface area (Å²) < 4.78 is 0. The number of carbonyl (C=O) groups is 4. The van der Waals surface area contributed by atoms with Gasteiger partial charge in [-0.2, -0.15) is 0 Å². The summed E-state index contributed by atoms with van der Waals surface area (Å²) in [6, 6.07) is 55.3. The Balaban J connectivity index is 0.000000131. The Labute approximate surface area is 421 Å². The molecule has 7 aromatic carbocycles. The Hall–Kier alpha value is -8.79. The molecule has 0 atom stereocenters. The maximum absolute atomic E-state index is 11.2. The number of hydrogen-bond acceptors (Lipinski definition) is 8. The zero-order valence-corrected chi connectivity index (χ0v) is 40.4. The van der Waals surface area contributed by atoms with E-state index in [1.54, 1.807) is 31.5 Å². The molecule has 0 unspecified atom stereocenters. The number of fused-ring (bicyclic) bond motifs is 4. The van der Waals surface area contributed by atoms with Gasteiger partial charge >= 0.3 is 0 Å². The topological polar surface area (TPSA) is 137 Å². The Morgan fingerprint density at radius 2 is 0.847 bits per heavy atom. The van der Waals surface area contributed by atoms with E-state index in [9.17, 15) is 19.2 Å². The molecule has 9 heteroatoms. The van der Waals surface area contributed by atoms with Crippen molar-refractivity contribution in [1.29, 1.82) is 0 Å². The van der Waals surface area contributed by atoms with Crippen LogP contribution in [0.15, 0.2) is 199 Å². The largest absolute Gasteiger partial charge is 0.381 e. The number of hydroxylamine groups is 1. The summed E-state index contributed by atoms with van der Waals surface area (Å²) in [6.07, 6.45) is 15.4. The second-order valence-electron chi connectivity index (χ2n) is 17.6. The molecule has 0 fully saturated rings. The van der Waals surface area contributed by atoms with Crippen LogP contribution in [0.4, 0.5) is 17.1 Å². The second-order valence-corrected chi connectivity index (χ2v) is 17.6. The summed E-state index contributed by atoms with van der Waals surface area (Å²) in [6.45, 7) is 4.72. The van der Waals surface area contributed by atoms with Crippen molar-refractivity contribution >= 4 is 69.3 Å². The van der Waals surface area contributed by atoms with Crippen LogP contribution in [0.3, 0.4) is 0 Å². The fourth-order valence-corrected chi connectivity index (χ4v) is 8.85. The number of anilines is 2. The summed E-state index contributed by atoms with van der Waals surface area (Å²) in [7, 11) is 0. The number of amides is 1. The van der Waals surface area contributed by atoms with E-state index < -0.39 is 5.91 Å². The standard InChI is InChI=1S/C18H17NO.C18H15NO.C17H16N2O2.C10H8O/c2*1-13(20)14-8-10-17(11-9-14)19-12-16-7-6-15-4-2-3-5-18(15)16;20-17(19-21)13-7-9-15(10-8-13)18-11-14-6-5-12-3-1-2-4-16(12)14;11-7-9-6-5-8-3-1-2-4-10(8)9/h2-5,7-11,19H,6,12H2,1H3;2-5,7-12H,6H2,1H3;1-4,6-10,18,21H,5,11H2,(H,19,20);1-4,6-7H,5H2. The quantitative estimate of drug-likeness (QED) is 0.0315. The number of nitrogens with zero attached hydrogens (tertiary/aromatic N) is 1. The molecule has 0 aliphatic heterocycles. The molecule has 1 amide bonds. The van der Waals surface area contributed by atoms with Crippen LogP contribution in [-0.2, 0) is 30.5 Å². The molecule has 0 heterocycles. The monoisotopic (exact) mass is 948 g/mol. The van der Waals surface area contributed by atoms with Crippen LogP contribution in [-0.4, -0.2) is 48.3 Å². The molecule has 0 saturated carbocycles. The van der Waals surface area contributed by atoms with Gasteiger partial charge in [-0.15, -0.1) is 0 Å². The summed E-state index contributed by atoms with van der Waals surface area (Å²) in [5, 5.41) is 15.3. The van der Waals surface area contributed by atoms with Gasteiger partial charge in [0.1, 0.15) is 6.29 Å². The van der Waals surface area contributed by atoms with Crippen LogP contribution in [0.1, 0.15) is 89.4 Å². The number of aliphatic imine (C=N–C) groups is 1. The normalized spacial score (nSPS) is 13.0. The fraction of sp³-hybridized carbons (Fsp3) is 0.127. The van der Waals surface area contributed by atoms with Gasteiger partial charge in [-0.1, -0.05) is 121 Å². The third-order valence-electron chi connectivity index (χ3n) is 12.9. The SMILES string of the molecule is CC(=O)c1ccc(N=CC2=CCc3ccccc32)cc1.CC(=O)c1ccc(NCC2=CCc3ccccc32)cc1.O=C(NO)c1ccc(NCC2=CCc3ccccc32)cc1.O=CC1=CCc2ccccc21. The molecule has 4 aliphatic carbocycles. The number of Topliss-reactive ketones (excluding diaryl/α,β-unsaturated/α-hetero) is 2. The molecular formula is C63H56N4O5. The summed E-state index contributed by atoms with van der Waals surface area (Å²) in [4.78, 5) is 48.7. The van der Waals surface area contributed by atoms with Gasteiger partial charge in [-0.3, -0.25) is 29.4 Å². The Kier molecular flexibility index (Phi) is 16.7. The first-order valence-electron chi connectivity index (χ1n) is 24.0. The minimum absolute atomic E-state index is 0.0768. The van der Waals surface area contributed by atoms with Gasteiger partial charge in [-0.25, -0.2) is 5.48 Å². The van der Waals surface area contributed by atoms with Crippen molar-refractivity contribution in [2.75, 3.05) is 23.7 Å². The average molecular weight is 949 g/mol. The molecule has 0 saturated heterocycles. The summed E-state index contributed by atoms with van der Waals surface area (Å²) in [5.74, 6) is -0.328. The van der Waals surface area contributed by atoms with Crippen molar-refractivity contribution < 1.29 is 24.4 Å². The Morgan fingerprint density at radius 1 is 0.472 bits per heavy atom. The van der Waals surface area contributed by atoms with Crippen molar-refractivity contribution in [2.45, 2.75) is 39.5 Å². The Morgan fingerprint density at radius 3 is 1.29 bits per heavy atom. The summed E-state index contributed by atoms with van der Waals surface area (Å²) in [5.41, 5.74) is 21.4. The molecule has 0 radical (unpaired) electrons. The van der Waals surface area contributed by atoms with Gasteiger partial charge in [0, 0.05) is 52.9 Å². The van der Waals surface area contributed by atoms with Crippen LogP contribution in [0.25, 0.3) is 22.3 Å². The van der Waals surface area contributed by atoms with Crippen molar-refractivity contribution in [3.63, 3.8) is 0 Å². The summed E-state index contributed by atoms with van der Waals surface area (Å²) >= 11 is 0. The van der Waals surface area contributed by atoms with Gasteiger partial charge in [0.25, 0.3) is 5.91 Å². The maximum atomic E-state index is 11.2. The molecule has 7 aromatic rings. The molecule has 358 valence electrons. The third-order valence-corrected chi connectivity index (χ3v) is 12.9. The molecule has 4 aliphatic rings. The van der Waals surface area contributed by atoms with E-state index in [0.717, 1.165) is 90.0 Å². The zero-order valence-electron chi connectivity index (χ0n) is 40.4. The number of allylic oxidation sites excluding steroid dienone is 6. The lowest BCUT2D eigenvalue weighted by molar-refractivity contribution is -0.103. The third kappa shape index (κ3) is 12.7. The van der Waals surface area contributed by atoms with Crippen LogP contribution in [0.2, 0.25) is 0 Å². The molecule has 0 bridgehead atoms. The van der Waals surface area contributed by atoms with Crippen molar-refractivity contribution in [3.05, 3.63) is 255 Å². The van der Waals surface area contributed by atoms with Gasteiger partial charge in [0.15, 0.2) is 11.6 Å². The van der Waals surface area contributed by atoms with Gasteiger partial charge in [0.05, 0.1) is 5.69 Å². The molecule has 0 spiro atoms. The second kappa shape index (κ2) is 24.2. The van der Waals surface area contributed by atoms with Crippen LogP contribution in [0, 0.1) is 0 Å². The highest BCUT2D eigenvalue weighted by Crippen LogP contribution is 2.30. The molecule has 0 aromatic heterocycles. The minimum atomic E-state index is -0.506. The lowest BCUT2D eigenvalue weighted by Crippen LogP contribution is -2.18. The highest BCUT2D eigenvalue weighted by atomic mass is 16.5.